The van der Waals surface area contributed by atoms with E-state index < -0.39 is 12.0 Å². The number of aromatic carboxylic acids is 1. The highest BCUT2D eigenvalue weighted by Gasteiger charge is 2.41. The van der Waals surface area contributed by atoms with Crippen LogP contribution in [0.15, 0.2) is 12.1 Å². The number of amides is 2. The fourth-order valence-electron chi connectivity index (χ4n) is 1.86. The van der Waals surface area contributed by atoms with Crippen LogP contribution < -0.4 is 10.6 Å². The predicted octanol–water partition coefficient (Wildman–Crippen LogP) is 3.71. The van der Waals surface area contributed by atoms with Gasteiger partial charge in [-0.1, -0.05) is 23.2 Å². The smallest absolute Gasteiger partial charge is 0.337 e. The van der Waals surface area contributed by atoms with Crippen molar-refractivity contribution < 1.29 is 14.7 Å². The highest BCUT2D eigenvalue weighted by atomic mass is 35.5. The van der Waals surface area contributed by atoms with E-state index in [0.717, 1.165) is 12.8 Å². The maximum Gasteiger partial charge on any atom is 0.337 e. The molecule has 8 heteroatoms. The molecule has 2 rings (SSSR count). The standard InChI is InChI=1S/C13H14Cl2N2O3S/c1-21-13(2-3-13)6-16-12(20)17-10-8(11(18)19)4-7(14)5-9(10)15/h4-5H,2-3,6H2,1H3,(H,18,19)(H2,16,17,20). The van der Waals surface area contributed by atoms with Crippen LogP contribution in [0.1, 0.15) is 23.2 Å². The molecule has 0 heterocycles. The summed E-state index contributed by atoms with van der Waals surface area (Å²) in [6.07, 6.45) is 4.14. The molecule has 3 N–H and O–H groups in total. The molecular formula is C13H14Cl2N2O3S. The molecule has 0 radical (unpaired) electrons. The first-order valence-electron chi connectivity index (χ1n) is 6.19. The fraction of sp³-hybridized carbons (Fsp3) is 0.385. The molecule has 114 valence electrons. The molecule has 1 aliphatic rings. The zero-order chi connectivity index (χ0) is 15.6. The molecule has 1 aliphatic carbocycles. The molecule has 2 amide bonds. The van der Waals surface area contributed by atoms with E-state index in [9.17, 15) is 9.59 Å². The number of anilines is 1. The summed E-state index contributed by atoms with van der Waals surface area (Å²) in [6, 6.07) is 2.15. The number of hydrogen-bond donors (Lipinski definition) is 3. The molecule has 0 bridgehead atoms. The molecule has 0 unspecified atom stereocenters. The van der Waals surface area contributed by atoms with Crippen LogP contribution in [0, 0.1) is 0 Å². The van der Waals surface area contributed by atoms with Gasteiger partial charge in [0.2, 0.25) is 0 Å². The molecule has 0 spiro atoms. The second-order valence-corrected chi connectivity index (χ2v) is 6.93. The molecule has 0 saturated heterocycles. The highest BCUT2D eigenvalue weighted by Crippen LogP contribution is 2.46. The number of rotatable bonds is 5. The summed E-state index contributed by atoms with van der Waals surface area (Å²) in [7, 11) is 0. The molecule has 0 aliphatic heterocycles. The van der Waals surface area contributed by atoms with Gasteiger partial charge in [-0.25, -0.2) is 9.59 Å². The molecule has 1 aromatic rings. The Morgan fingerprint density at radius 3 is 2.57 bits per heavy atom. The third-order valence-corrected chi connectivity index (χ3v) is 5.27. The van der Waals surface area contributed by atoms with Crippen molar-refractivity contribution in [2.75, 3.05) is 18.1 Å². The van der Waals surface area contributed by atoms with Crippen LogP contribution in [0.2, 0.25) is 10.0 Å². The molecule has 21 heavy (non-hydrogen) atoms. The van der Waals surface area contributed by atoms with Crippen LogP contribution in [0.3, 0.4) is 0 Å². The Hall–Kier alpha value is -1.11. The Kier molecular flexibility index (Phi) is 4.91. The number of thioether (sulfide) groups is 1. The molecule has 1 aromatic carbocycles. The third-order valence-electron chi connectivity index (χ3n) is 3.34. The molecule has 5 nitrogen and oxygen atoms in total. The number of carbonyl (C=O) groups excluding carboxylic acids is 1. The minimum absolute atomic E-state index is 0.0417. The number of benzene rings is 1. The Labute approximate surface area is 136 Å². The Balaban J connectivity index is 2.08. The molecule has 0 aromatic heterocycles. The lowest BCUT2D eigenvalue weighted by Crippen LogP contribution is -2.35. The van der Waals surface area contributed by atoms with Crippen molar-refractivity contribution >= 4 is 52.7 Å². The SMILES string of the molecule is CSC1(CNC(=O)Nc2c(Cl)cc(Cl)cc2C(=O)O)CC1. The van der Waals surface area contributed by atoms with Gasteiger partial charge in [-0.05, 0) is 31.2 Å². The predicted molar refractivity (Wildman–Crippen MR) is 85.9 cm³/mol. The number of hydrogen-bond acceptors (Lipinski definition) is 3. The molecule has 1 saturated carbocycles. The summed E-state index contributed by atoms with van der Waals surface area (Å²) in [4.78, 5) is 23.1. The number of nitrogens with one attached hydrogen (secondary N) is 2. The van der Waals surface area contributed by atoms with Gasteiger partial charge in [-0.2, -0.15) is 11.8 Å². The van der Waals surface area contributed by atoms with E-state index >= 15 is 0 Å². The van der Waals surface area contributed by atoms with Gasteiger partial charge < -0.3 is 15.7 Å². The largest absolute Gasteiger partial charge is 0.478 e. The monoisotopic (exact) mass is 348 g/mol. The van der Waals surface area contributed by atoms with E-state index in [2.05, 4.69) is 10.6 Å². The lowest BCUT2D eigenvalue weighted by Gasteiger charge is -2.15. The number of halogens is 2. The summed E-state index contributed by atoms with van der Waals surface area (Å²) < 4.78 is 0.122. The van der Waals surface area contributed by atoms with Gasteiger partial charge in [0.25, 0.3) is 0 Å². The quantitative estimate of drug-likeness (QED) is 0.757. The number of urea groups is 1. The van der Waals surface area contributed by atoms with Crippen LogP contribution in [-0.2, 0) is 0 Å². The molecule has 0 atom stereocenters. The van der Waals surface area contributed by atoms with Gasteiger partial charge in [0.05, 0.1) is 16.3 Å². The fourth-order valence-corrected chi connectivity index (χ4v) is 3.13. The number of carboxylic acids is 1. The lowest BCUT2D eigenvalue weighted by molar-refractivity contribution is 0.0698. The second-order valence-electron chi connectivity index (χ2n) is 4.81. The van der Waals surface area contributed by atoms with Crippen LogP contribution in [0.5, 0.6) is 0 Å². The van der Waals surface area contributed by atoms with Gasteiger partial charge in [-0.15, -0.1) is 0 Å². The average Bonchev–Trinajstić information content (AvgIpc) is 3.19. The van der Waals surface area contributed by atoms with E-state index in [4.69, 9.17) is 28.3 Å². The van der Waals surface area contributed by atoms with E-state index in [-0.39, 0.29) is 26.0 Å². The minimum atomic E-state index is -1.21. The summed E-state index contributed by atoms with van der Waals surface area (Å²) in [5, 5.41) is 14.6. The van der Waals surface area contributed by atoms with Gasteiger partial charge >= 0.3 is 12.0 Å². The Morgan fingerprint density at radius 1 is 1.38 bits per heavy atom. The second kappa shape index (κ2) is 6.34. The van der Waals surface area contributed by atoms with Gasteiger partial charge in [0.1, 0.15) is 0 Å². The molecular weight excluding hydrogens is 335 g/mol. The van der Waals surface area contributed by atoms with Crippen LogP contribution in [0.4, 0.5) is 10.5 Å². The summed E-state index contributed by atoms with van der Waals surface area (Å²) in [5.74, 6) is -1.21. The van der Waals surface area contributed by atoms with Crippen molar-refractivity contribution in [1.82, 2.24) is 5.32 Å². The zero-order valence-electron chi connectivity index (χ0n) is 11.2. The van der Waals surface area contributed by atoms with Crippen molar-refractivity contribution in [2.24, 2.45) is 0 Å². The zero-order valence-corrected chi connectivity index (χ0v) is 13.5. The third kappa shape index (κ3) is 3.96. The summed E-state index contributed by atoms with van der Waals surface area (Å²) in [5.41, 5.74) is -0.103. The van der Waals surface area contributed by atoms with Crippen molar-refractivity contribution in [3.8, 4) is 0 Å². The normalized spacial score (nSPS) is 15.4. The van der Waals surface area contributed by atoms with Crippen molar-refractivity contribution in [1.29, 1.82) is 0 Å². The van der Waals surface area contributed by atoms with Gasteiger partial charge in [-0.3, -0.25) is 0 Å². The first-order chi connectivity index (χ1) is 9.87. The van der Waals surface area contributed by atoms with Crippen molar-refractivity contribution in [3.05, 3.63) is 27.7 Å². The van der Waals surface area contributed by atoms with Crippen LogP contribution >= 0.6 is 35.0 Å². The van der Waals surface area contributed by atoms with E-state index in [1.807, 2.05) is 6.26 Å². The maximum atomic E-state index is 11.9. The van der Waals surface area contributed by atoms with Crippen molar-refractivity contribution in [2.45, 2.75) is 17.6 Å². The number of carbonyl (C=O) groups is 2. The topological polar surface area (TPSA) is 78.4 Å². The van der Waals surface area contributed by atoms with Crippen LogP contribution in [-0.4, -0.2) is 34.7 Å². The first kappa shape index (κ1) is 16.3. The van der Waals surface area contributed by atoms with E-state index in [0.29, 0.717) is 6.54 Å². The Bertz CT molecular complexity index is 591. The van der Waals surface area contributed by atoms with E-state index in [1.54, 1.807) is 11.8 Å². The molecule has 1 fully saturated rings. The average molecular weight is 349 g/mol. The minimum Gasteiger partial charge on any atom is -0.478 e. The van der Waals surface area contributed by atoms with Crippen molar-refractivity contribution in [3.63, 3.8) is 0 Å². The first-order valence-corrected chi connectivity index (χ1v) is 8.17. The Morgan fingerprint density at radius 2 is 2.05 bits per heavy atom. The number of carboxylic acid groups (broad SMARTS) is 1. The summed E-state index contributed by atoms with van der Waals surface area (Å²) in [6.45, 7) is 0.535. The van der Waals surface area contributed by atoms with E-state index in [1.165, 1.54) is 12.1 Å². The van der Waals surface area contributed by atoms with Gasteiger partial charge in [0, 0.05) is 16.3 Å². The van der Waals surface area contributed by atoms with Gasteiger partial charge in [0.15, 0.2) is 0 Å². The highest BCUT2D eigenvalue weighted by molar-refractivity contribution is 8.00. The maximum absolute atomic E-state index is 11.9. The summed E-state index contributed by atoms with van der Waals surface area (Å²) >= 11 is 13.4. The van der Waals surface area contributed by atoms with Crippen LogP contribution in [0.25, 0.3) is 0 Å². The lowest BCUT2D eigenvalue weighted by atomic mass is 10.2.